The number of hydrogen-bond donors (Lipinski definition) is 1. The van der Waals surface area contributed by atoms with Crippen LogP contribution >= 0.6 is 0 Å². The van der Waals surface area contributed by atoms with Gasteiger partial charge in [-0.2, -0.15) is 18.3 Å². The van der Waals surface area contributed by atoms with E-state index in [4.69, 9.17) is 0 Å². The van der Waals surface area contributed by atoms with Crippen molar-refractivity contribution >= 4 is 17.5 Å². The third kappa shape index (κ3) is 4.29. The van der Waals surface area contributed by atoms with Crippen molar-refractivity contribution in [2.45, 2.75) is 25.4 Å². The normalized spacial score (nSPS) is 14.9. The molecular formula is C18H19F3N4O2. The number of rotatable bonds is 3. The molecule has 0 unspecified atom stereocenters. The van der Waals surface area contributed by atoms with Crippen LogP contribution in [0.15, 0.2) is 30.5 Å². The Morgan fingerprint density at radius 2 is 1.85 bits per heavy atom. The number of carbonyl (C=O) groups is 2. The third-order valence-corrected chi connectivity index (χ3v) is 4.35. The van der Waals surface area contributed by atoms with Crippen molar-refractivity contribution in [2.24, 2.45) is 7.05 Å². The van der Waals surface area contributed by atoms with Gasteiger partial charge in [-0.15, -0.1) is 0 Å². The average molecular weight is 380 g/mol. The largest absolute Gasteiger partial charge is 0.435 e. The first-order valence-corrected chi connectivity index (χ1v) is 8.57. The molecule has 0 aliphatic carbocycles. The summed E-state index contributed by atoms with van der Waals surface area (Å²) in [4.78, 5) is 26.6. The maximum atomic E-state index is 13.0. The molecule has 9 heteroatoms. The molecule has 1 aromatic carbocycles. The standard InChI is InChI=1S/C18H19F3N4O2/c1-24-11-14(15(23-24)18(19,20)21)16(26)22-13-7-5-6-12(10-13)17(27)25-8-3-2-4-9-25/h5-7,10-11H,2-4,8-9H2,1H3,(H,22,26). The van der Waals surface area contributed by atoms with E-state index in [-0.39, 0.29) is 11.6 Å². The molecule has 144 valence electrons. The highest BCUT2D eigenvalue weighted by molar-refractivity contribution is 6.05. The van der Waals surface area contributed by atoms with Crippen LogP contribution in [0.2, 0.25) is 0 Å². The number of aryl methyl sites for hydroxylation is 1. The fraction of sp³-hybridized carbons (Fsp3) is 0.389. The van der Waals surface area contributed by atoms with E-state index < -0.39 is 23.3 Å². The molecular weight excluding hydrogens is 361 g/mol. The van der Waals surface area contributed by atoms with E-state index in [1.165, 1.54) is 19.2 Å². The Hall–Kier alpha value is -2.84. The fourth-order valence-electron chi connectivity index (χ4n) is 3.07. The van der Waals surface area contributed by atoms with E-state index in [1.54, 1.807) is 17.0 Å². The van der Waals surface area contributed by atoms with E-state index in [0.29, 0.717) is 18.7 Å². The Kier molecular flexibility index (Phi) is 5.20. The quantitative estimate of drug-likeness (QED) is 0.888. The second kappa shape index (κ2) is 7.42. The summed E-state index contributed by atoms with van der Waals surface area (Å²) in [6.45, 7) is 1.36. The van der Waals surface area contributed by atoms with Crippen LogP contribution in [0.25, 0.3) is 0 Å². The fourth-order valence-corrected chi connectivity index (χ4v) is 3.07. The Labute approximate surface area is 154 Å². The van der Waals surface area contributed by atoms with Crippen molar-refractivity contribution < 1.29 is 22.8 Å². The number of aromatic nitrogens is 2. The number of amides is 2. The van der Waals surface area contributed by atoms with Crippen LogP contribution < -0.4 is 5.32 Å². The summed E-state index contributed by atoms with van der Waals surface area (Å²) in [5.41, 5.74) is -1.18. The van der Waals surface area contributed by atoms with Crippen LogP contribution in [0.1, 0.15) is 45.7 Å². The number of hydrogen-bond acceptors (Lipinski definition) is 3. The van der Waals surface area contributed by atoms with Crippen LogP contribution in [0.5, 0.6) is 0 Å². The first-order valence-electron chi connectivity index (χ1n) is 8.57. The summed E-state index contributed by atoms with van der Waals surface area (Å²) >= 11 is 0. The van der Waals surface area contributed by atoms with Crippen molar-refractivity contribution in [1.82, 2.24) is 14.7 Å². The molecule has 1 fully saturated rings. The van der Waals surface area contributed by atoms with Gasteiger partial charge in [0.2, 0.25) is 0 Å². The molecule has 1 N–H and O–H groups in total. The number of anilines is 1. The minimum absolute atomic E-state index is 0.150. The third-order valence-electron chi connectivity index (χ3n) is 4.35. The highest BCUT2D eigenvalue weighted by Gasteiger charge is 2.39. The molecule has 2 aromatic rings. The molecule has 0 radical (unpaired) electrons. The van der Waals surface area contributed by atoms with Gasteiger partial charge in [-0.3, -0.25) is 14.3 Å². The molecule has 0 saturated carbocycles. The van der Waals surface area contributed by atoms with Gasteiger partial charge in [-0.1, -0.05) is 6.07 Å². The van der Waals surface area contributed by atoms with Gasteiger partial charge in [-0.25, -0.2) is 0 Å². The van der Waals surface area contributed by atoms with Crippen LogP contribution in [-0.4, -0.2) is 39.6 Å². The molecule has 27 heavy (non-hydrogen) atoms. The van der Waals surface area contributed by atoms with E-state index in [1.807, 2.05) is 0 Å². The van der Waals surface area contributed by atoms with Crippen LogP contribution in [0.3, 0.4) is 0 Å². The second-order valence-electron chi connectivity index (χ2n) is 6.45. The number of nitrogens with zero attached hydrogens (tertiary/aromatic N) is 3. The van der Waals surface area contributed by atoms with E-state index in [2.05, 4.69) is 10.4 Å². The zero-order valence-corrected chi connectivity index (χ0v) is 14.7. The Balaban J connectivity index is 1.79. The maximum Gasteiger partial charge on any atom is 0.435 e. The highest BCUT2D eigenvalue weighted by atomic mass is 19.4. The summed E-state index contributed by atoms with van der Waals surface area (Å²) in [7, 11) is 1.31. The minimum atomic E-state index is -4.74. The van der Waals surface area contributed by atoms with Crippen LogP contribution in [-0.2, 0) is 13.2 Å². The number of likely N-dealkylation sites (tertiary alicyclic amines) is 1. The molecule has 0 spiro atoms. The average Bonchev–Trinajstić information content (AvgIpc) is 3.04. The lowest BCUT2D eigenvalue weighted by Crippen LogP contribution is -2.35. The van der Waals surface area contributed by atoms with E-state index in [9.17, 15) is 22.8 Å². The minimum Gasteiger partial charge on any atom is -0.339 e. The van der Waals surface area contributed by atoms with Crippen molar-refractivity contribution in [3.63, 3.8) is 0 Å². The Bertz CT molecular complexity index is 855. The molecule has 2 heterocycles. The molecule has 0 bridgehead atoms. The number of piperidine rings is 1. The summed E-state index contributed by atoms with van der Waals surface area (Å²) < 4.78 is 40.0. The smallest absolute Gasteiger partial charge is 0.339 e. The van der Waals surface area contributed by atoms with Gasteiger partial charge in [0.05, 0.1) is 5.56 Å². The number of halogens is 3. The lowest BCUT2D eigenvalue weighted by Gasteiger charge is -2.26. The predicted molar refractivity (Wildman–Crippen MR) is 92.4 cm³/mol. The first-order chi connectivity index (χ1) is 12.8. The lowest BCUT2D eigenvalue weighted by molar-refractivity contribution is -0.141. The topological polar surface area (TPSA) is 67.2 Å². The van der Waals surface area contributed by atoms with Gasteiger partial charge >= 0.3 is 6.18 Å². The van der Waals surface area contributed by atoms with Gasteiger partial charge in [0.1, 0.15) is 0 Å². The summed E-state index contributed by atoms with van der Waals surface area (Å²) in [6, 6.07) is 6.20. The SMILES string of the molecule is Cn1cc(C(=O)Nc2cccc(C(=O)N3CCCCC3)c2)c(C(F)(F)F)n1. The lowest BCUT2D eigenvalue weighted by atomic mass is 10.1. The van der Waals surface area contributed by atoms with Crippen LogP contribution in [0, 0.1) is 0 Å². The van der Waals surface area contributed by atoms with Gasteiger partial charge in [0, 0.05) is 37.6 Å². The molecule has 1 aliphatic rings. The highest BCUT2D eigenvalue weighted by Crippen LogP contribution is 2.31. The molecule has 6 nitrogen and oxygen atoms in total. The number of alkyl halides is 3. The van der Waals surface area contributed by atoms with Gasteiger partial charge in [-0.05, 0) is 37.5 Å². The van der Waals surface area contributed by atoms with Crippen molar-refractivity contribution in [3.8, 4) is 0 Å². The van der Waals surface area contributed by atoms with E-state index >= 15 is 0 Å². The monoisotopic (exact) mass is 380 g/mol. The number of benzene rings is 1. The van der Waals surface area contributed by atoms with Gasteiger partial charge in [0.25, 0.3) is 11.8 Å². The van der Waals surface area contributed by atoms with Gasteiger partial charge in [0.15, 0.2) is 5.69 Å². The molecule has 3 rings (SSSR count). The number of nitrogens with one attached hydrogen (secondary N) is 1. The molecule has 1 aromatic heterocycles. The number of carbonyl (C=O) groups excluding carboxylic acids is 2. The molecule has 0 atom stereocenters. The first kappa shape index (κ1) is 18.9. The zero-order chi connectivity index (χ0) is 19.6. The molecule has 1 saturated heterocycles. The summed E-state index contributed by atoms with van der Waals surface area (Å²) in [5, 5.41) is 5.74. The Morgan fingerprint density at radius 3 is 2.52 bits per heavy atom. The zero-order valence-electron chi connectivity index (χ0n) is 14.7. The Morgan fingerprint density at radius 1 is 1.15 bits per heavy atom. The predicted octanol–water partition coefficient (Wildman–Crippen LogP) is 3.32. The summed E-state index contributed by atoms with van der Waals surface area (Å²) in [6.07, 6.45) is -0.736. The van der Waals surface area contributed by atoms with Crippen molar-refractivity contribution in [2.75, 3.05) is 18.4 Å². The second-order valence-corrected chi connectivity index (χ2v) is 6.45. The maximum absolute atomic E-state index is 13.0. The van der Waals surface area contributed by atoms with Gasteiger partial charge < -0.3 is 10.2 Å². The van der Waals surface area contributed by atoms with Crippen molar-refractivity contribution in [1.29, 1.82) is 0 Å². The van der Waals surface area contributed by atoms with E-state index in [0.717, 1.165) is 30.1 Å². The molecule has 1 aliphatic heterocycles. The van der Waals surface area contributed by atoms with Crippen LogP contribution in [0.4, 0.5) is 18.9 Å². The molecule has 2 amide bonds. The summed E-state index contributed by atoms with van der Waals surface area (Å²) in [5.74, 6) is -1.08. The van der Waals surface area contributed by atoms with Crippen molar-refractivity contribution in [3.05, 3.63) is 47.3 Å².